The van der Waals surface area contributed by atoms with Crippen molar-refractivity contribution in [3.63, 3.8) is 0 Å². The van der Waals surface area contributed by atoms with E-state index in [2.05, 4.69) is 5.32 Å². The van der Waals surface area contributed by atoms with E-state index < -0.39 is 0 Å². The van der Waals surface area contributed by atoms with E-state index in [-0.39, 0.29) is 12.5 Å². The van der Waals surface area contributed by atoms with Gasteiger partial charge in [-0.3, -0.25) is 4.79 Å². The summed E-state index contributed by atoms with van der Waals surface area (Å²) in [6, 6.07) is 7.89. The number of aryl methyl sites for hydroxylation is 1. The van der Waals surface area contributed by atoms with E-state index in [4.69, 9.17) is 10.5 Å². The summed E-state index contributed by atoms with van der Waals surface area (Å²) >= 11 is 0. The fraction of sp³-hybridized carbons (Fsp3) is 0.417. The van der Waals surface area contributed by atoms with E-state index >= 15 is 0 Å². The van der Waals surface area contributed by atoms with E-state index in [1.807, 2.05) is 31.2 Å². The monoisotopic (exact) mass is 222 g/mol. The summed E-state index contributed by atoms with van der Waals surface area (Å²) in [6.45, 7) is 3.25. The van der Waals surface area contributed by atoms with Crippen LogP contribution in [0.4, 0.5) is 0 Å². The zero-order chi connectivity index (χ0) is 11.8. The van der Waals surface area contributed by atoms with Gasteiger partial charge in [-0.15, -0.1) is 0 Å². The Kier molecular flexibility index (Phi) is 5.36. The van der Waals surface area contributed by atoms with Gasteiger partial charge in [0.15, 0.2) is 0 Å². The molecule has 1 rings (SSSR count). The van der Waals surface area contributed by atoms with Crippen molar-refractivity contribution in [3.05, 3.63) is 29.8 Å². The van der Waals surface area contributed by atoms with Crippen LogP contribution in [-0.2, 0) is 4.79 Å². The second-order valence-electron chi connectivity index (χ2n) is 3.57. The molecular weight excluding hydrogens is 204 g/mol. The topological polar surface area (TPSA) is 64.3 Å². The number of carbonyl (C=O) groups is 1. The first-order valence-electron chi connectivity index (χ1n) is 5.38. The number of hydrogen-bond donors (Lipinski definition) is 2. The molecule has 0 heterocycles. The standard InChI is InChI=1S/C12H18N2O2/c1-10-4-2-5-11(8-10)16-7-3-6-14-12(15)9-13/h2,4-5,8H,3,6-7,9,13H2,1H3,(H,14,15). The van der Waals surface area contributed by atoms with Crippen molar-refractivity contribution < 1.29 is 9.53 Å². The summed E-state index contributed by atoms with van der Waals surface area (Å²) in [5, 5.41) is 2.69. The predicted octanol–water partition coefficient (Wildman–Crippen LogP) is 0.839. The maximum atomic E-state index is 10.8. The molecule has 0 bridgehead atoms. The Morgan fingerprint density at radius 1 is 1.50 bits per heavy atom. The molecule has 1 aromatic carbocycles. The summed E-state index contributed by atoms with van der Waals surface area (Å²) in [4.78, 5) is 10.8. The Bertz CT molecular complexity index is 340. The van der Waals surface area contributed by atoms with Gasteiger partial charge >= 0.3 is 0 Å². The molecule has 0 atom stereocenters. The Morgan fingerprint density at radius 3 is 3.00 bits per heavy atom. The molecule has 16 heavy (non-hydrogen) atoms. The molecule has 0 aliphatic rings. The first kappa shape index (κ1) is 12.5. The highest BCUT2D eigenvalue weighted by atomic mass is 16.5. The Labute approximate surface area is 95.8 Å². The molecule has 0 aliphatic heterocycles. The fourth-order valence-electron chi connectivity index (χ4n) is 1.27. The molecule has 0 spiro atoms. The number of benzene rings is 1. The molecule has 0 fully saturated rings. The van der Waals surface area contributed by atoms with Crippen molar-refractivity contribution in [1.82, 2.24) is 5.32 Å². The quantitative estimate of drug-likeness (QED) is 0.701. The smallest absolute Gasteiger partial charge is 0.233 e. The second kappa shape index (κ2) is 6.85. The lowest BCUT2D eigenvalue weighted by molar-refractivity contribution is -0.119. The Hall–Kier alpha value is -1.55. The minimum Gasteiger partial charge on any atom is -0.494 e. The van der Waals surface area contributed by atoms with Crippen LogP contribution in [0.3, 0.4) is 0 Å². The van der Waals surface area contributed by atoms with E-state index in [9.17, 15) is 4.79 Å². The number of ether oxygens (including phenoxy) is 1. The van der Waals surface area contributed by atoms with Gasteiger partial charge in [-0.2, -0.15) is 0 Å². The number of carbonyl (C=O) groups excluding carboxylic acids is 1. The van der Waals surface area contributed by atoms with Gasteiger partial charge in [-0.05, 0) is 31.0 Å². The third-order valence-electron chi connectivity index (χ3n) is 2.09. The summed E-state index contributed by atoms with van der Waals surface area (Å²) in [5.74, 6) is 0.737. The maximum Gasteiger partial charge on any atom is 0.233 e. The fourth-order valence-corrected chi connectivity index (χ4v) is 1.27. The van der Waals surface area contributed by atoms with Crippen LogP contribution in [0.25, 0.3) is 0 Å². The Morgan fingerprint density at radius 2 is 2.31 bits per heavy atom. The minimum atomic E-state index is -0.129. The van der Waals surface area contributed by atoms with Crippen molar-refractivity contribution >= 4 is 5.91 Å². The highest BCUT2D eigenvalue weighted by molar-refractivity contribution is 5.77. The van der Waals surface area contributed by atoms with Crippen molar-refractivity contribution in [1.29, 1.82) is 0 Å². The van der Waals surface area contributed by atoms with Gasteiger partial charge < -0.3 is 15.8 Å². The number of nitrogens with one attached hydrogen (secondary N) is 1. The van der Waals surface area contributed by atoms with Crippen LogP contribution in [0.5, 0.6) is 5.75 Å². The van der Waals surface area contributed by atoms with Gasteiger partial charge in [0.25, 0.3) is 0 Å². The van der Waals surface area contributed by atoms with Gasteiger partial charge in [0.05, 0.1) is 13.2 Å². The zero-order valence-corrected chi connectivity index (χ0v) is 9.53. The van der Waals surface area contributed by atoms with Crippen LogP contribution in [0.2, 0.25) is 0 Å². The van der Waals surface area contributed by atoms with Gasteiger partial charge in [0.2, 0.25) is 5.91 Å². The average molecular weight is 222 g/mol. The predicted molar refractivity (Wildman–Crippen MR) is 63.4 cm³/mol. The van der Waals surface area contributed by atoms with Gasteiger partial charge in [0.1, 0.15) is 5.75 Å². The van der Waals surface area contributed by atoms with Gasteiger partial charge in [-0.1, -0.05) is 12.1 Å². The van der Waals surface area contributed by atoms with E-state index in [1.165, 1.54) is 5.56 Å². The molecule has 0 aliphatic carbocycles. The minimum absolute atomic E-state index is 0.0404. The van der Waals surface area contributed by atoms with Gasteiger partial charge in [-0.25, -0.2) is 0 Å². The lowest BCUT2D eigenvalue weighted by atomic mass is 10.2. The first-order chi connectivity index (χ1) is 7.72. The maximum absolute atomic E-state index is 10.8. The van der Waals surface area contributed by atoms with Crippen LogP contribution < -0.4 is 15.8 Å². The first-order valence-corrected chi connectivity index (χ1v) is 5.38. The van der Waals surface area contributed by atoms with E-state index in [1.54, 1.807) is 0 Å². The largest absolute Gasteiger partial charge is 0.494 e. The van der Waals surface area contributed by atoms with E-state index in [0.717, 1.165) is 12.2 Å². The summed E-state index contributed by atoms with van der Waals surface area (Å²) < 4.78 is 5.52. The normalized spacial score (nSPS) is 9.88. The van der Waals surface area contributed by atoms with Crippen molar-refractivity contribution in [3.8, 4) is 5.75 Å². The molecule has 0 saturated heterocycles. The van der Waals surface area contributed by atoms with Crippen LogP contribution in [0.15, 0.2) is 24.3 Å². The van der Waals surface area contributed by atoms with Crippen molar-refractivity contribution in [2.45, 2.75) is 13.3 Å². The number of hydrogen-bond acceptors (Lipinski definition) is 3. The molecule has 4 nitrogen and oxygen atoms in total. The number of rotatable bonds is 6. The summed E-state index contributed by atoms with van der Waals surface area (Å²) in [7, 11) is 0. The molecule has 0 saturated carbocycles. The zero-order valence-electron chi connectivity index (χ0n) is 9.53. The van der Waals surface area contributed by atoms with Crippen LogP contribution in [-0.4, -0.2) is 25.6 Å². The Balaban J connectivity index is 2.14. The van der Waals surface area contributed by atoms with E-state index in [0.29, 0.717) is 13.2 Å². The average Bonchev–Trinajstić information content (AvgIpc) is 2.28. The number of nitrogens with two attached hydrogens (primary N) is 1. The molecule has 0 unspecified atom stereocenters. The summed E-state index contributed by atoms with van der Waals surface area (Å²) in [5.41, 5.74) is 6.33. The summed E-state index contributed by atoms with van der Waals surface area (Å²) in [6.07, 6.45) is 0.777. The second-order valence-corrected chi connectivity index (χ2v) is 3.57. The third-order valence-corrected chi connectivity index (χ3v) is 2.09. The molecule has 0 aromatic heterocycles. The third kappa shape index (κ3) is 4.79. The molecular formula is C12H18N2O2. The van der Waals surface area contributed by atoms with Crippen LogP contribution >= 0.6 is 0 Å². The molecule has 3 N–H and O–H groups in total. The lowest BCUT2D eigenvalue weighted by Gasteiger charge is -2.07. The van der Waals surface area contributed by atoms with Crippen LogP contribution in [0, 0.1) is 6.92 Å². The molecule has 1 amide bonds. The highest BCUT2D eigenvalue weighted by Crippen LogP contribution is 2.12. The van der Waals surface area contributed by atoms with Crippen molar-refractivity contribution in [2.75, 3.05) is 19.7 Å². The van der Waals surface area contributed by atoms with Crippen LogP contribution in [0.1, 0.15) is 12.0 Å². The number of amides is 1. The SMILES string of the molecule is Cc1cccc(OCCCNC(=O)CN)c1. The molecule has 0 radical (unpaired) electrons. The van der Waals surface area contributed by atoms with Gasteiger partial charge in [0, 0.05) is 6.54 Å². The van der Waals surface area contributed by atoms with Crippen molar-refractivity contribution in [2.24, 2.45) is 5.73 Å². The highest BCUT2D eigenvalue weighted by Gasteiger charge is 1.96. The lowest BCUT2D eigenvalue weighted by Crippen LogP contribution is -2.31. The molecule has 88 valence electrons. The molecule has 4 heteroatoms. The molecule has 1 aromatic rings.